The molecular formula is C9H7Br2ClN4O2S. The topological polar surface area (TPSA) is 76.9 Å². The van der Waals surface area contributed by atoms with Gasteiger partial charge in [-0.3, -0.25) is 4.72 Å². The van der Waals surface area contributed by atoms with Crippen molar-refractivity contribution in [2.75, 3.05) is 4.72 Å². The second-order valence-electron chi connectivity index (χ2n) is 3.54. The van der Waals surface area contributed by atoms with Gasteiger partial charge < -0.3 is 0 Å². The molecule has 1 aromatic carbocycles. The summed E-state index contributed by atoms with van der Waals surface area (Å²) in [4.78, 5) is 0. The number of nitrogens with zero attached hydrogens (tertiary/aromatic N) is 3. The number of anilines is 1. The summed E-state index contributed by atoms with van der Waals surface area (Å²) < 4.78 is 28.8. The first-order chi connectivity index (χ1) is 8.81. The van der Waals surface area contributed by atoms with Crippen molar-refractivity contribution in [3.8, 4) is 0 Å². The second kappa shape index (κ2) is 5.39. The van der Waals surface area contributed by atoms with Crippen LogP contribution >= 0.6 is 43.5 Å². The normalized spacial score (nSPS) is 11.6. The Morgan fingerprint density at radius 2 is 2.05 bits per heavy atom. The number of benzene rings is 1. The first kappa shape index (κ1) is 14.8. The summed E-state index contributed by atoms with van der Waals surface area (Å²) in [6.07, 6.45) is 0. The minimum atomic E-state index is -3.82. The summed E-state index contributed by atoms with van der Waals surface area (Å²) in [7, 11) is -2.33. The number of sulfonamides is 1. The molecule has 6 nitrogen and oxygen atoms in total. The van der Waals surface area contributed by atoms with Gasteiger partial charge in [-0.05, 0) is 50.1 Å². The number of halogens is 3. The van der Waals surface area contributed by atoms with Crippen molar-refractivity contribution in [1.29, 1.82) is 0 Å². The molecule has 0 saturated heterocycles. The number of nitrogens with one attached hydrogen (secondary N) is 1. The van der Waals surface area contributed by atoms with Crippen LogP contribution < -0.4 is 4.72 Å². The van der Waals surface area contributed by atoms with E-state index in [2.05, 4.69) is 46.9 Å². The van der Waals surface area contributed by atoms with E-state index >= 15 is 0 Å². The summed E-state index contributed by atoms with van der Waals surface area (Å²) in [5, 5.41) is 7.61. The Kier molecular flexibility index (Phi) is 4.19. The number of aromatic nitrogens is 3. The van der Waals surface area contributed by atoms with Crippen LogP contribution in [0.5, 0.6) is 0 Å². The van der Waals surface area contributed by atoms with Crippen LogP contribution in [-0.4, -0.2) is 23.4 Å². The monoisotopic (exact) mass is 428 g/mol. The molecule has 0 spiro atoms. The van der Waals surface area contributed by atoms with Crippen molar-refractivity contribution in [3.05, 3.63) is 32.3 Å². The number of hydrogen-bond acceptors (Lipinski definition) is 4. The average Bonchev–Trinajstić information content (AvgIpc) is 2.64. The van der Waals surface area contributed by atoms with E-state index in [1.165, 1.54) is 13.1 Å². The number of aryl methyl sites for hydroxylation is 1. The third-order valence-electron chi connectivity index (χ3n) is 2.16. The maximum atomic E-state index is 12.3. The molecule has 10 heteroatoms. The molecule has 0 aliphatic carbocycles. The highest BCUT2D eigenvalue weighted by Crippen LogP contribution is 2.29. The highest BCUT2D eigenvalue weighted by Gasteiger charge is 2.24. The highest BCUT2D eigenvalue weighted by molar-refractivity contribution is 9.10. The molecule has 19 heavy (non-hydrogen) atoms. The maximum absolute atomic E-state index is 12.3. The molecule has 0 atom stereocenters. The van der Waals surface area contributed by atoms with Gasteiger partial charge in [-0.1, -0.05) is 16.8 Å². The van der Waals surface area contributed by atoms with E-state index in [1.54, 1.807) is 12.1 Å². The summed E-state index contributed by atoms with van der Waals surface area (Å²) in [6.45, 7) is 0. The van der Waals surface area contributed by atoms with Gasteiger partial charge in [0.1, 0.15) is 0 Å². The van der Waals surface area contributed by atoms with Gasteiger partial charge in [0.15, 0.2) is 4.60 Å². The van der Waals surface area contributed by atoms with Gasteiger partial charge in [-0.15, -0.1) is 5.10 Å². The molecule has 2 aromatic rings. The smallest absolute Gasteiger partial charge is 0.277 e. The Morgan fingerprint density at radius 3 is 2.63 bits per heavy atom. The van der Waals surface area contributed by atoms with Crippen LogP contribution in [0.1, 0.15) is 0 Å². The van der Waals surface area contributed by atoms with Gasteiger partial charge in [0.05, 0.1) is 5.69 Å². The molecule has 1 aromatic heterocycles. The number of rotatable bonds is 3. The molecule has 0 aliphatic rings. The van der Waals surface area contributed by atoms with Gasteiger partial charge >= 0.3 is 0 Å². The molecular weight excluding hydrogens is 423 g/mol. The van der Waals surface area contributed by atoms with Crippen molar-refractivity contribution >= 4 is 59.2 Å². The van der Waals surface area contributed by atoms with E-state index in [4.69, 9.17) is 11.6 Å². The largest absolute Gasteiger partial charge is 0.281 e. The minimum absolute atomic E-state index is 0.0700. The van der Waals surface area contributed by atoms with Crippen LogP contribution in [0.2, 0.25) is 5.02 Å². The zero-order valence-corrected chi connectivity index (χ0v) is 14.2. The zero-order chi connectivity index (χ0) is 14.2. The molecule has 0 saturated carbocycles. The fraction of sp³-hybridized carbons (Fsp3) is 0.111. The molecule has 1 heterocycles. The zero-order valence-electron chi connectivity index (χ0n) is 9.43. The molecule has 0 unspecified atom stereocenters. The lowest BCUT2D eigenvalue weighted by Gasteiger charge is -2.10. The molecule has 1 N–H and O–H groups in total. The summed E-state index contributed by atoms with van der Waals surface area (Å²) in [5.41, 5.74) is 0.334. The minimum Gasteiger partial charge on any atom is -0.277 e. The van der Waals surface area contributed by atoms with Crippen LogP contribution in [0.3, 0.4) is 0 Å². The van der Waals surface area contributed by atoms with Crippen molar-refractivity contribution in [3.63, 3.8) is 0 Å². The number of hydrogen-bond donors (Lipinski definition) is 1. The molecule has 0 radical (unpaired) electrons. The van der Waals surface area contributed by atoms with Crippen LogP contribution in [0, 0.1) is 0 Å². The van der Waals surface area contributed by atoms with E-state index in [9.17, 15) is 8.42 Å². The van der Waals surface area contributed by atoms with Crippen molar-refractivity contribution in [2.45, 2.75) is 5.03 Å². The van der Waals surface area contributed by atoms with Gasteiger partial charge in [0.25, 0.3) is 10.0 Å². The predicted molar refractivity (Wildman–Crippen MR) is 78.7 cm³/mol. The Morgan fingerprint density at radius 1 is 1.37 bits per heavy atom. The quantitative estimate of drug-likeness (QED) is 0.813. The highest BCUT2D eigenvalue weighted by atomic mass is 79.9. The van der Waals surface area contributed by atoms with E-state index in [1.807, 2.05) is 0 Å². The van der Waals surface area contributed by atoms with Gasteiger partial charge in [0.2, 0.25) is 5.03 Å². The average molecular weight is 431 g/mol. The molecule has 0 amide bonds. The fourth-order valence-corrected chi connectivity index (χ4v) is 4.19. The second-order valence-corrected chi connectivity index (χ2v) is 7.18. The van der Waals surface area contributed by atoms with Crippen molar-refractivity contribution < 1.29 is 8.42 Å². The maximum Gasteiger partial charge on any atom is 0.281 e. The molecule has 2 rings (SSSR count). The Balaban J connectivity index is 2.45. The van der Waals surface area contributed by atoms with E-state index in [0.717, 1.165) is 4.68 Å². The van der Waals surface area contributed by atoms with Crippen LogP contribution in [-0.2, 0) is 17.1 Å². The SMILES string of the molecule is Cn1nnc(Br)c1S(=O)(=O)Nc1cc(Cl)ccc1Br. The van der Waals surface area contributed by atoms with Crippen LogP contribution in [0.25, 0.3) is 0 Å². The molecule has 0 fully saturated rings. The standard InChI is InChI=1S/C9H7Br2ClN4O2S/c1-16-9(8(11)13-15-16)19(17,18)14-7-4-5(12)2-3-6(7)10/h2-4,14H,1H3. The van der Waals surface area contributed by atoms with E-state index in [-0.39, 0.29) is 9.63 Å². The summed E-state index contributed by atoms with van der Waals surface area (Å²) in [6, 6.07) is 4.79. The van der Waals surface area contributed by atoms with E-state index in [0.29, 0.717) is 15.2 Å². The third-order valence-corrected chi connectivity index (χ3v) is 5.34. The van der Waals surface area contributed by atoms with Crippen molar-refractivity contribution in [2.24, 2.45) is 7.05 Å². The lowest BCUT2D eigenvalue weighted by atomic mass is 10.3. The Labute approximate surface area is 131 Å². The lowest BCUT2D eigenvalue weighted by molar-refractivity contribution is 0.578. The van der Waals surface area contributed by atoms with Crippen LogP contribution in [0.4, 0.5) is 5.69 Å². The predicted octanol–water partition coefficient (Wildman–Crippen LogP) is 2.79. The van der Waals surface area contributed by atoms with Crippen molar-refractivity contribution in [1.82, 2.24) is 15.0 Å². The van der Waals surface area contributed by atoms with Gasteiger partial charge in [-0.2, -0.15) is 8.42 Å². The first-order valence-electron chi connectivity index (χ1n) is 4.84. The fourth-order valence-electron chi connectivity index (χ4n) is 1.38. The lowest BCUT2D eigenvalue weighted by Crippen LogP contribution is -2.17. The molecule has 102 valence electrons. The Bertz CT molecular complexity index is 712. The molecule has 0 aliphatic heterocycles. The first-order valence-corrected chi connectivity index (χ1v) is 8.29. The van der Waals surface area contributed by atoms with Crippen LogP contribution in [0.15, 0.2) is 32.3 Å². The third kappa shape index (κ3) is 3.10. The molecule has 0 bridgehead atoms. The van der Waals surface area contributed by atoms with Gasteiger partial charge in [-0.25, -0.2) is 4.68 Å². The summed E-state index contributed by atoms with van der Waals surface area (Å²) >= 11 is 12.1. The van der Waals surface area contributed by atoms with Gasteiger partial charge in [0, 0.05) is 16.5 Å². The van der Waals surface area contributed by atoms with E-state index < -0.39 is 10.0 Å². The Hall–Kier alpha value is -0.640. The summed E-state index contributed by atoms with van der Waals surface area (Å²) in [5.74, 6) is 0.